The van der Waals surface area contributed by atoms with Gasteiger partial charge >= 0.3 is 0 Å². The molecule has 8 nitrogen and oxygen atoms in total. The van der Waals surface area contributed by atoms with Crippen molar-refractivity contribution in [3.05, 3.63) is 105 Å². The largest absolute Gasteiger partial charge is 0.492 e. The van der Waals surface area contributed by atoms with Gasteiger partial charge in [0.15, 0.2) is 0 Å². The maximum Gasteiger partial charge on any atom is 0.255 e. The van der Waals surface area contributed by atoms with E-state index in [-0.39, 0.29) is 5.91 Å². The molecule has 2 heterocycles. The van der Waals surface area contributed by atoms with Crippen LogP contribution in [0.25, 0.3) is 0 Å². The van der Waals surface area contributed by atoms with Crippen molar-refractivity contribution >= 4 is 45.1 Å². The van der Waals surface area contributed by atoms with E-state index in [0.29, 0.717) is 52.6 Å². The highest BCUT2D eigenvalue weighted by Crippen LogP contribution is 2.41. The third-order valence-corrected chi connectivity index (χ3v) is 6.79. The number of amides is 1. The van der Waals surface area contributed by atoms with E-state index >= 15 is 0 Å². The van der Waals surface area contributed by atoms with Crippen LogP contribution >= 0.6 is 27.5 Å². The monoisotopic (exact) mass is 593 g/mol. The number of anilines is 2. The summed E-state index contributed by atoms with van der Waals surface area (Å²) in [5.74, 6) is 1.45. The number of allylic oxidation sites excluding steroid dienone is 1. The van der Waals surface area contributed by atoms with Crippen molar-refractivity contribution < 1.29 is 14.3 Å². The van der Waals surface area contributed by atoms with Crippen LogP contribution in [0.15, 0.2) is 88.8 Å². The van der Waals surface area contributed by atoms with Gasteiger partial charge in [-0.15, -0.1) is 0 Å². The fourth-order valence-corrected chi connectivity index (χ4v) is 4.82. The van der Waals surface area contributed by atoms with Crippen LogP contribution < -0.4 is 20.1 Å². The van der Waals surface area contributed by atoms with Crippen molar-refractivity contribution in [1.29, 1.82) is 0 Å². The maximum atomic E-state index is 13.9. The van der Waals surface area contributed by atoms with E-state index in [1.807, 2.05) is 80.6 Å². The lowest BCUT2D eigenvalue weighted by Crippen LogP contribution is -2.32. The summed E-state index contributed by atoms with van der Waals surface area (Å²) in [5, 5.41) is 11.3. The van der Waals surface area contributed by atoms with Gasteiger partial charge in [-0.3, -0.25) is 4.79 Å². The highest BCUT2D eigenvalue weighted by molar-refractivity contribution is 9.10. The van der Waals surface area contributed by atoms with Gasteiger partial charge in [-0.05, 0) is 61.9 Å². The van der Waals surface area contributed by atoms with Crippen molar-refractivity contribution in [1.82, 2.24) is 14.8 Å². The standard InChI is InChI=1S/C28H25BrClN5O3/c1-3-37-24-7-5-4-6-22(24)34-27(36)25-17(2)33-28-31-16-32-35(28)26(25)21-14-19(29)10-13-23(21)38-15-18-8-11-20(30)12-9-18/h4-14,16,26H,3,15H2,1-2H3,(H,34,36)(H,31,32,33). The summed E-state index contributed by atoms with van der Waals surface area (Å²) in [5.41, 5.74) is 3.43. The van der Waals surface area contributed by atoms with E-state index in [9.17, 15) is 4.79 Å². The molecule has 194 valence electrons. The molecule has 2 N–H and O–H groups in total. The zero-order chi connectivity index (χ0) is 26.6. The lowest BCUT2D eigenvalue weighted by molar-refractivity contribution is -0.113. The number of para-hydroxylation sites is 2. The van der Waals surface area contributed by atoms with Crippen LogP contribution in [0.2, 0.25) is 5.02 Å². The topological polar surface area (TPSA) is 90.3 Å². The first-order chi connectivity index (χ1) is 18.4. The van der Waals surface area contributed by atoms with Crippen molar-refractivity contribution in [2.24, 2.45) is 0 Å². The molecule has 0 bridgehead atoms. The van der Waals surface area contributed by atoms with Crippen LogP contribution in [0, 0.1) is 0 Å². The van der Waals surface area contributed by atoms with E-state index in [1.54, 1.807) is 4.68 Å². The molecule has 3 aromatic carbocycles. The predicted octanol–water partition coefficient (Wildman–Crippen LogP) is 6.60. The minimum atomic E-state index is -0.606. The number of carbonyl (C=O) groups excluding carboxylic acids is 1. The lowest BCUT2D eigenvalue weighted by Gasteiger charge is -2.30. The Labute approximate surface area is 233 Å². The summed E-state index contributed by atoms with van der Waals surface area (Å²) < 4.78 is 14.5. The number of ether oxygens (including phenoxy) is 2. The first kappa shape index (κ1) is 25.8. The maximum absolute atomic E-state index is 13.9. The summed E-state index contributed by atoms with van der Waals surface area (Å²) in [6.07, 6.45) is 1.46. The Morgan fingerprint density at radius 3 is 2.68 bits per heavy atom. The lowest BCUT2D eigenvalue weighted by atomic mass is 9.94. The number of benzene rings is 3. The number of fused-ring (bicyclic) bond motifs is 1. The Morgan fingerprint density at radius 1 is 1.11 bits per heavy atom. The van der Waals surface area contributed by atoms with Gasteiger partial charge in [-0.25, -0.2) is 4.68 Å². The summed E-state index contributed by atoms with van der Waals surface area (Å²) in [6.45, 7) is 4.55. The molecule has 1 aliphatic heterocycles. The minimum Gasteiger partial charge on any atom is -0.492 e. The summed E-state index contributed by atoms with van der Waals surface area (Å²) in [6, 6.07) is 19.9. The Morgan fingerprint density at radius 2 is 1.89 bits per heavy atom. The Kier molecular flexibility index (Phi) is 7.67. The average molecular weight is 595 g/mol. The molecule has 0 fully saturated rings. The van der Waals surface area contributed by atoms with Gasteiger partial charge in [0, 0.05) is 20.8 Å². The molecule has 0 spiro atoms. The number of carbonyl (C=O) groups is 1. The first-order valence-corrected chi connectivity index (χ1v) is 13.2. The van der Waals surface area contributed by atoms with E-state index in [4.69, 9.17) is 21.1 Å². The highest BCUT2D eigenvalue weighted by Gasteiger charge is 2.35. The van der Waals surface area contributed by atoms with Gasteiger partial charge in [0.2, 0.25) is 5.95 Å². The second-order valence-corrected chi connectivity index (χ2v) is 9.93. The van der Waals surface area contributed by atoms with E-state index in [2.05, 4.69) is 36.6 Å². The van der Waals surface area contributed by atoms with E-state index < -0.39 is 6.04 Å². The van der Waals surface area contributed by atoms with E-state index in [1.165, 1.54) is 6.33 Å². The fraction of sp³-hybridized carbons (Fsp3) is 0.179. The van der Waals surface area contributed by atoms with Crippen molar-refractivity contribution in [3.63, 3.8) is 0 Å². The molecule has 1 aromatic heterocycles. The third-order valence-electron chi connectivity index (χ3n) is 6.05. The molecule has 0 aliphatic carbocycles. The van der Waals surface area contributed by atoms with Gasteiger partial charge < -0.3 is 20.1 Å². The molecule has 1 aliphatic rings. The number of halogens is 2. The molecule has 0 saturated heterocycles. The molecule has 5 rings (SSSR count). The van der Waals surface area contributed by atoms with Gasteiger partial charge in [-0.2, -0.15) is 10.1 Å². The SMILES string of the molecule is CCOc1ccccc1NC(=O)C1=C(C)Nc2ncnn2C1c1cc(Br)ccc1OCc1ccc(Cl)cc1. The van der Waals surface area contributed by atoms with Crippen LogP contribution in [0.4, 0.5) is 11.6 Å². The van der Waals surface area contributed by atoms with Gasteiger partial charge in [-0.1, -0.05) is 51.8 Å². The molecular formula is C28H25BrClN5O3. The quantitative estimate of drug-likeness (QED) is 0.239. The molecule has 1 atom stereocenters. The van der Waals surface area contributed by atoms with Crippen LogP contribution in [0.3, 0.4) is 0 Å². The number of aromatic nitrogens is 3. The molecule has 38 heavy (non-hydrogen) atoms. The van der Waals surface area contributed by atoms with Crippen molar-refractivity contribution in [2.75, 3.05) is 17.2 Å². The summed E-state index contributed by atoms with van der Waals surface area (Å²) in [4.78, 5) is 18.2. The van der Waals surface area contributed by atoms with Gasteiger partial charge in [0.05, 0.1) is 17.9 Å². The molecule has 0 saturated carbocycles. The fourth-order valence-electron chi connectivity index (χ4n) is 4.32. The predicted molar refractivity (Wildman–Crippen MR) is 151 cm³/mol. The zero-order valence-corrected chi connectivity index (χ0v) is 23.1. The molecule has 1 amide bonds. The van der Waals surface area contributed by atoms with Gasteiger partial charge in [0.25, 0.3) is 5.91 Å². The first-order valence-electron chi connectivity index (χ1n) is 12.0. The van der Waals surface area contributed by atoms with Crippen LogP contribution in [-0.2, 0) is 11.4 Å². The molecule has 4 aromatic rings. The average Bonchev–Trinajstić information content (AvgIpc) is 3.37. The number of nitrogens with one attached hydrogen (secondary N) is 2. The normalized spacial score (nSPS) is 14.5. The second-order valence-electron chi connectivity index (χ2n) is 8.58. The zero-order valence-electron chi connectivity index (χ0n) is 20.7. The highest BCUT2D eigenvalue weighted by atomic mass is 79.9. The van der Waals surface area contributed by atoms with Crippen molar-refractivity contribution in [3.8, 4) is 11.5 Å². The molecule has 1 unspecified atom stereocenters. The summed E-state index contributed by atoms with van der Waals surface area (Å²) >= 11 is 9.62. The Balaban J connectivity index is 1.54. The minimum absolute atomic E-state index is 0.295. The second kappa shape index (κ2) is 11.3. The number of hydrogen-bond acceptors (Lipinski definition) is 6. The molecule has 10 heteroatoms. The number of rotatable bonds is 8. The Hall–Kier alpha value is -3.82. The van der Waals surface area contributed by atoms with E-state index in [0.717, 1.165) is 15.6 Å². The molecule has 0 radical (unpaired) electrons. The number of hydrogen-bond donors (Lipinski definition) is 2. The van der Waals surface area contributed by atoms with Crippen molar-refractivity contribution in [2.45, 2.75) is 26.5 Å². The number of nitrogens with zero attached hydrogens (tertiary/aromatic N) is 3. The smallest absolute Gasteiger partial charge is 0.255 e. The van der Waals surface area contributed by atoms with Crippen LogP contribution in [0.5, 0.6) is 11.5 Å². The van der Waals surface area contributed by atoms with Gasteiger partial charge in [0.1, 0.15) is 30.5 Å². The summed E-state index contributed by atoms with van der Waals surface area (Å²) in [7, 11) is 0. The van der Waals surface area contributed by atoms with Crippen LogP contribution in [0.1, 0.15) is 31.0 Å². The van der Waals surface area contributed by atoms with Crippen LogP contribution in [-0.4, -0.2) is 27.3 Å². The third kappa shape index (κ3) is 5.39. The Bertz CT molecular complexity index is 1500. The molecular weight excluding hydrogens is 570 g/mol.